The fourth-order valence-electron chi connectivity index (χ4n) is 1.54. The van der Waals surface area contributed by atoms with Crippen LogP contribution in [0.1, 0.15) is 13.8 Å². The van der Waals surface area contributed by atoms with Gasteiger partial charge < -0.3 is 5.32 Å². The number of halogens is 1. The number of nitrogens with zero attached hydrogens (tertiary/aromatic N) is 2. The van der Waals surface area contributed by atoms with E-state index < -0.39 is 0 Å². The van der Waals surface area contributed by atoms with Crippen molar-refractivity contribution in [1.82, 2.24) is 9.97 Å². The van der Waals surface area contributed by atoms with E-state index in [1.165, 1.54) is 0 Å². The van der Waals surface area contributed by atoms with Crippen LogP contribution in [-0.2, 0) is 0 Å². The third-order valence-electron chi connectivity index (χ3n) is 2.92. The zero-order valence-electron chi connectivity index (χ0n) is 10.0. The lowest BCUT2D eigenvalue weighted by atomic mass is 10.1. The van der Waals surface area contributed by atoms with Gasteiger partial charge in [-0.3, -0.25) is 4.98 Å². The quantitative estimate of drug-likeness (QED) is 0.878. The highest BCUT2D eigenvalue weighted by Crippen LogP contribution is 2.15. The van der Waals surface area contributed by atoms with E-state index in [4.69, 9.17) is 0 Å². The van der Waals surface area contributed by atoms with Crippen molar-refractivity contribution in [2.24, 2.45) is 5.92 Å². The van der Waals surface area contributed by atoms with Crippen molar-refractivity contribution < 1.29 is 0 Å². The molecule has 0 saturated carbocycles. The van der Waals surface area contributed by atoms with Crippen molar-refractivity contribution in [3.8, 4) is 0 Å². The standard InChI is InChI=1S/C13H16BrN3/c1-9(7-14)10(2)16-13-8-15-11-5-3-4-6-12(11)17-13/h3-6,8-10H,7H2,1-2H3,(H,16,17). The number of fused-ring (bicyclic) bond motifs is 1. The zero-order chi connectivity index (χ0) is 12.3. The first kappa shape index (κ1) is 12.3. The Morgan fingerprint density at radius 3 is 2.65 bits per heavy atom. The van der Waals surface area contributed by atoms with Crippen LogP contribution in [0.4, 0.5) is 5.82 Å². The molecule has 0 bridgehead atoms. The summed E-state index contributed by atoms with van der Waals surface area (Å²) in [6, 6.07) is 8.26. The molecular weight excluding hydrogens is 278 g/mol. The Morgan fingerprint density at radius 1 is 1.24 bits per heavy atom. The maximum atomic E-state index is 4.54. The van der Waals surface area contributed by atoms with E-state index in [0.29, 0.717) is 12.0 Å². The second-order valence-electron chi connectivity index (χ2n) is 4.31. The molecule has 0 spiro atoms. The first-order valence-electron chi connectivity index (χ1n) is 5.75. The van der Waals surface area contributed by atoms with Gasteiger partial charge in [0.2, 0.25) is 0 Å². The van der Waals surface area contributed by atoms with E-state index in [9.17, 15) is 0 Å². The number of para-hydroxylation sites is 2. The monoisotopic (exact) mass is 293 g/mol. The van der Waals surface area contributed by atoms with E-state index in [1.807, 2.05) is 24.3 Å². The molecule has 17 heavy (non-hydrogen) atoms. The molecule has 2 aromatic rings. The Balaban J connectivity index is 2.19. The van der Waals surface area contributed by atoms with Crippen LogP contribution in [0.15, 0.2) is 30.5 Å². The minimum atomic E-state index is 0.366. The molecule has 2 unspecified atom stereocenters. The predicted octanol–water partition coefficient (Wildman–Crippen LogP) is 3.46. The summed E-state index contributed by atoms with van der Waals surface area (Å²) in [5, 5.41) is 4.36. The minimum absolute atomic E-state index is 0.366. The average molecular weight is 294 g/mol. The van der Waals surface area contributed by atoms with Gasteiger partial charge >= 0.3 is 0 Å². The second-order valence-corrected chi connectivity index (χ2v) is 4.96. The Labute approximate surface area is 110 Å². The Hall–Kier alpha value is -1.16. The molecule has 4 heteroatoms. The lowest BCUT2D eigenvalue weighted by Crippen LogP contribution is -2.25. The van der Waals surface area contributed by atoms with Crippen LogP contribution >= 0.6 is 15.9 Å². The molecule has 90 valence electrons. The van der Waals surface area contributed by atoms with Crippen LogP contribution in [0.3, 0.4) is 0 Å². The van der Waals surface area contributed by atoms with Crippen molar-refractivity contribution in [2.45, 2.75) is 19.9 Å². The predicted molar refractivity (Wildman–Crippen MR) is 75.6 cm³/mol. The number of benzene rings is 1. The van der Waals surface area contributed by atoms with Crippen molar-refractivity contribution in [2.75, 3.05) is 10.6 Å². The molecule has 0 amide bonds. The summed E-state index contributed by atoms with van der Waals surface area (Å²) in [5.41, 5.74) is 1.86. The number of alkyl halides is 1. The smallest absolute Gasteiger partial charge is 0.145 e. The number of nitrogens with one attached hydrogen (secondary N) is 1. The topological polar surface area (TPSA) is 37.8 Å². The lowest BCUT2D eigenvalue weighted by Gasteiger charge is -2.19. The largest absolute Gasteiger partial charge is 0.366 e. The molecule has 3 nitrogen and oxygen atoms in total. The number of aromatic nitrogens is 2. The summed E-state index contributed by atoms with van der Waals surface area (Å²) < 4.78 is 0. The van der Waals surface area contributed by atoms with E-state index in [2.05, 4.69) is 45.1 Å². The number of hydrogen-bond acceptors (Lipinski definition) is 3. The summed E-state index contributed by atoms with van der Waals surface area (Å²) >= 11 is 3.49. The van der Waals surface area contributed by atoms with Crippen LogP contribution < -0.4 is 5.32 Å². The van der Waals surface area contributed by atoms with E-state index in [1.54, 1.807) is 6.20 Å². The van der Waals surface area contributed by atoms with Crippen LogP contribution in [0.25, 0.3) is 11.0 Å². The van der Waals surface area contributed by atoms with Gasteiger partial charge in [0.15, 0.2) is 0 Å². The third kappa shape index (κ3) is 2.94. The van der Waals surface area contributed by atoms with Crippen molar-refractivity contribution >= 4 is 32.8 Å². The van der Waals surface area contributed by atoms with Gasteiger partial charge in [-0.25, -0.2) is 4.98 Å². The Kier molecular flexibility index (Phi) is 3.94. The lowest BCUT2D eigenvalue weighted by molar-refractivity contribution is 0.570. The van der Waals surface area contributed by atoms with Gasteiger partial charge in [0, 0.05) is 11.4 Å². The van der Waals surface area contributed by atoms with Gasteiger partial charge in [-0.2, -0.15) is 0 Å². The SMILES string of the molecule is CC(CBr)C(C)Nc1cnc2ccccc2n1. The summed E-state index contributed by atoms with van der Waals surface area (Å²) in [6.07, 6.45) is 1.79. The summed E-state index contributed by atoms with van der Waals surface area (Å²) in [5.74, 6) is 1.38. The van der Waals surface area contributed by atoms with Crippen molar-refractivity contribution in [3.05, 3.63) is 30.5 Å². The molecule has 1 aromatic heterocycles. The van der Waals surface area contributed by atoms with Crippen LogP contribution in [0.5, 0.6) is 0 Å². The van der Waals surface area contributed by atoms with E-state index >= 15 is 0 Å². The molecule has 0 fully saturated rings. The van der Waals surface area contributed by atoms with Gasteiger partial charge in [-0.15, -0.1) is 0 Å². The molecule has 2 rings (SSSR count). The van der Waals surface area contributed by atoms with E-state index in [0.717, 1.165) is 22.2 Å². The molecule has 1 heterocycles. The van der Waals surface area contributed by atoms with Gasteiger partial charge in [0.05, 0.1) is 17.2 Å². The van der Waals surface area contributed by atoms with Crippen LogP contribution in [-0.4, -0.2) is 21.3 Å². The fourth-order valence-corrected chi connectivity index (χ4v) is 2.10. The molecular formula is C13H16BrN3. The third-order valence-corrected chi connectivity index (χ3v) is 3.94. The number of hydrogen-bond donors (Lipinski definition) is 1. The van der Waals surface area contributed by atoms with Crippen molar-refractivity contribution in [1.29, 1.82) is 0 Å². The molecule has 0 aliphatic carbocycles. The normalized spacial score (nSPS) is 14.5. The maximum absolute atomic E-state index is 4.54. The highest BCUT2D eigenvalue weighted by Gasteiger charge is 2.11. The first-order valence-corrected chi connectivity index (χ1v) is 6.87. The number of rotatable bonds is 4. The van der Waals surface area contributed by atoms with Gasteiger partial charge in [-0.05, 0) is 25.0 Å². The highest BCUT2D eigenvalue weighted by molar-refractivity contribution is 9.09. The summed E-state index contributed by atoms with van der Waals surface area (Å²) in [4.78, 5) is 8.93. The molecule has 0 radical (unpaired) electrons. The highest BCUT2D eigenvalue weighted by atomic mass is 79.9. The molecule has 0 aliphatic rings. The summed E-state index contributed by atoms with van der Waals surface area (Å²) in [7, 11) is 0. The summed E-state index contributed by atoms with van der Waals surface area (Å²) in [6.45, 7) is 4.35. The molecule has 0 saturated heterocycles. The van der Waals surface area contributed by atoms with Gasteiger partial charge in [-0.1, -0.05) is 35.0 Å². The zero-order valence-corrected chi connectivity index (χ0v) is 11.6. The molecule has 1 N–H and O–H groups in total. The molecule has 1 aromatic carbocycles. The van der Waals surface area contributed by atoms with E-state index in [-0.39, 0.29) is 0 Å². The van der Waals surface area contributed by atoms with Crippen LogP contribution in [0.2, 0.25) is 0 Å². The van der Waals surface area contributed by atoms with Gasteiger partial charge in [0.1, 0.15) is 5.82 Å². The van der Waals surface area contributed by atoms with Crippen molar-refractivity contribution in [3.63, 3.8) is 0 Å². The second kappa shape index (κ2) is 5.45. The Morgan fingerprint density at radius 2 is 1.94 bits per heavy atom. The molecule has 2 atom stereocenters. The van der Waals surface area contributed by atoms with Gasteiger partial charge in [0.25, 0.3) is 0 Å². The first-order chi connectivity index (χ1) is 8.20. The number of anilines is 1. The molecule has 0 aliphatic heterocycles. The maximum Gasteiger partial charge on any atom is 0.145 e. The minimum Gasteiger partial charge on any atom is -0.366 e. The fraction of sp³-hybridized carbons (Fsp3) is 0.385. The Bertz CT molecular complexity index is 501. The average Bonchev–Trinajstić information content (AvgIpc) is 2.37. The van der Waals surface area contributed by atoms with Crippen LogP contribution in [0, 0.1) is 5.92 Å².